The Morgan fingerprint density at radius 3 is 2.65 bits per heavy atom. The quantitative estimate of drug-likeness (QED) is 0.822. The van der Waals surface area contributed by atoms with Crippen LogP contribution in [-0.2, 0) is 11.3 Å². The SMILES string of the molecule is COCCNCc1cnc(-c2cc(F)cc(Br)c2)nc1. The Hall–Kier alpha value is -1.37. The van der Waals surface area contributed by atoms with Gasteiger partial charge in [0.05, 0.1) is 6.61 Å². The summed E-state index contributed by atoms with van der Waals surface area (Å²) in [5.74, 6) is 0.189. The third-order valence-electron chi connectivity index (χ3n) is 2.64. The first-order valence-corrected chi connectivity index (χ1v) is 6.95. The lowest BCUT2D eigenvalue weighted by molar-refractivity contribution is 0.199. The smallest absolute Gasteiger partial charge is 0.159 e. The number of hydrogen-bond donors (Lipinski definition) is 1. The van der Waals surface area contributed by atoms with Gasteiger partial charge in [-0.1, -0.05) is 15.9 Å². The van der Waals surface area contributed by atoms with Crippen LogP contribution in [-0.4, -0.2) is 30.2 Å². The van der Waals surface area contributed by atoms with Gasteiger partial charge in [0.15, 0.2) is 5.82 Å². The van der Waals surface area contributed by atoms with Gasteiger partial charge in [-0.05, 0) is 18.2 Å². The monoisotopic (exact) mass is 339 g/mol. The van der Waals surface area contributed by atoms with E-state index in [2.05, 4.69) is 31.2 Å². The molecule has 0 radical (unpaired) electrons. The fraction of sp³-hybridized carbons (Fsp3) is 0.286. The van der Waals surface area contributed by atoms with Crippen molar-refractivity contribution in [1.29, 1.82) is 0 Å². The summed E-state index contributed by atoms with van der Waals surface area (Å²) in [7, 11) is 1.66. The third kappa shape index (κ3) is 4.33. The van der Waals surface area contributed by atoms with E-state index in [1.165, 1.54) is 12.1 Å². The van der Waals surface area contributed by atoms with Gasteiger partial charge < -0.3 is 10.1 Å². The van der Waals surface area contributed by atoms with Crippen molar-refractivity contribution in [2.24, 2.45) is 0 Å². The minimum Gasteiger partial charge on any atom is -0.383 e. The zero-order valence-corrected chi connectivity index (χ0v) is 12.7. The molecule has 20 heavy (non-hydrogen) atoms. The Balaban J connectivity index is 2.04. The maximum atomic E-state index is 13.3. The highest BCUT2D eigenvalue weighted by molar-refractivity contribution is 9.10. The van der Waals surface area contributed by atoms with Crippen LogP contribution < -0.4 is 5.32 Å². The normalized spacial score (nSPS) is 10.8. The summed E-state index contributed by atoms with van der Waals surface area (Å²) in [6, 6.07) is 4.60. The molecule has 1 aromatic carbocycles. The van der Waals surface area contributed by atoms with Crippen LogP contribution in [0.15, 0.2) is 35.1 Å². The molecule has 2 aromatic rings. The molecule has 0 bridgehead atoms. The number of halogens is 2. The number of methoxy groups -OCH3 is 1. The fourth-order valence-corrected chi connectivity index (χ4v) is 2.15. The van der Waals surface area contributed by atoms with Crippen LogP contribution >= 0.6 is 15.9 Å². The lowest BCUT2D eigenvalue weighted by atomic mass is 10.2. The minimum absolute atomic E-state index is 0.316. The highest BCUT2D eigenvalue weighted by atomic mass is 79.9. The Bertz CT molecular complexity index is 543. The first-order valence-electron chi connectivity index (χ1n) is 6.16. The van der Waals surface area contributed by atoms with Gasteiger partial charge in [-0.15, -0.1) is 0 Å². The molecule has 0 spiro atoms. The number of ether oxygens (including phenoxy) is 1. The first-order chi connectivity index (χ1) is 9.69. The topological polar surface area (TPSA) is 47.0 Å². The van der Waals surface area contributed by atoms with Gasteiger partial charge in [-0.3, -0.25) is 0 Å². The Morgan fingerprint density at radius 2 is 2.00 bits per heavy atom. The summed E-state index contributed by atoms with van der Waals surface area (Å²) in [6.07, 6.45) is 3.47. The number of rotatable bonds is 6. The Kier molecular flexibility index (Phi) is 5.58. The molecule has 0 amide bonds. The maximum absolute atomic E-state index is 13.3. The van der Waals surface area contributed by atoms with E-state index >= 15 is 0 Å². The molecule has 1 heterocycles. The van der Waals surface area contributed by atoms with Crippen LogP contribution in [0.2, 0.25) is 0 Å². The van der Waals surface area contributed by atoms with E-state index in [-0.39, 0.29) is 5.82 Å². The molecule has 0 atom stereocenters. The van der Waals surface area contributed by atoms with Crippen molar-refractivity contribution in [1.82, 2.24) is 15.3 Å². The van der Waals surface area contributed by atoms with Gasteiger partial charge in [-0.2, -0.15) is 0 Å². The Labute approximate surface area is 125 Å². The van der Waals surface area contributed by atoms with Crippen molar-refractivity contribution in [3.05, 3.63) is 46.4 Å². The molecule has 0 aliphatic carbocycles. The van der Waals surface area contributed by atoms with Crippen LogP contribution in [0, 0.1) is 5.82 Å². The van der Waals surface area contributed by atoms with E-state index in [4.69, 9.17) is 4.74 Å². The molecule has 1 aromatic heterocycles. The van der Waals surface area contributed by atoms with Gasteiger partial charge in [0.2, 0.25) is 0 Å². The molecular weight excluding hydrogens is 325 g/mol. The molecule has 6 heteroatoms. The summed E-state index contributed by atoms with van der Waals surface area (Å²) in [6.45, 7) is 2.11. The van der Waals surface area contributed by atoms with Gasteiger partial charge in [0.25, 0.3) is 0 Å². The number of nitrogens with zero attached hydrogens (tertiary/aromatic N) is 2. The van der Waals surface area contributed by atoms with Gasteiger partial charge >= 0.3 is 0 Å². The van der Waals surface area contributed by atoms with Crippen molar-refractivity contribution >= 4 is 15.9 Å². The highest BCUT2D eigenvalue weighted by Crippen LogP contribution is 2.21. The molecule has 1 N–H and O–H groups in total. The minimum atomic E-state index is -0.316. The number of hydrogen-bond acceptors (Lipinski definition) is 4. The molecule has 106 valence electrons. The van der Waals surface area contributed by atoms with Crippen LogP contribution in [0.25, 0.3) is 11.4 Å². The fourth-order valence-electron chi connectivity index (χ4n) is 1.69. The average Bonchev–Trinajstić information content (AvgIpc) is 2.43. The predicted octanol–water partition coefficient (Wildman–Crippen LogP) is 2.78. The lowest BCUT2D eigenvalue weighted by Gasteiger charge is -2.05. The van der Waals surface area contributed by atoms with E-state index < -0.39 is 0 Å². The zero-order valence-electron chi connectivity index (χ0n) is 11.1. The molecule has 0 unspecified atom stereocenters. The first kappa shape index (κ1) is 15.0. The average molecular weight is 340 g/mol. The molecule has 0 aliphatic rings. The molecule has 4 nitrogen and oxygen atoms in total. The second-order valence-corrected chi connectivity index (χ2v) is 5.16. The van der Waals surface area contributed by atoms with Crippen LogP contribution in [0.5, 0.6) is 0 Å². The van der Waals surface area contributed by atoms with E-state index in [9.17, 15) is 4.39 Å². The summed E-state index contributed by atoms with van der Waals surface area (Å²) in [5, 5.41) is 3.21. The van der Waals surface area contributed by atoms with Crippen molar-refractivity contribution in [3.8, 4) is 11.4 Å². The molecule has 0 saturated carbocycles. The second-order valence-electron chi connectivity index (χ2n) is 4.24. The second kappa shape index (κ2) is 7.42. The number of nitrogens with one attached hydrogen (secondary N) is 1. The molecule has 0 aliphatic heterocycles. The summed E-state index contributed by atoms with van der Waals surface area (Å²) in [5.41, 5.74) is 1.62. The number of aromatic nitrogens is 2. The van der Waals surface area contributed by atoms with Crippen molar-refractivity contribution in [2.45, 2.75) is 6.54 Å². The summed E-state index contributed by atoms with van der Waals surface area (Å²) < 4.78 is 18.9. The molecule has 0 fully saturated rings. The predicted molar refractivity (Wildman–Crippen MR) is 78.7 cm³/mol. The van der Waals surface area contributed by atoms with Crippen molar-refractivity contribution in [2.75, 3.05) is 20.3 Å². The third-order valence-corrected chi connectivity index (χ3v) is 3.10. The van der Waals surface area contributed by atoms with Crippen molar-refractivity contribution < 1.29 is 9.13 Å². The maximum Gasteiger partial charge on any atom is 0.159 e. The standard InChI is InChI=1S/C14H15BrFN3O/c1-20-3-2-17-7-10-8-18-14(19-9-10)11-4-12(15)6-13(16)5-11/h4-6,8-9,17H,2-3,7H2,1H3. The Morgan fingerprint density at radius 1 is 1.25 bits per heavy atom. The zero-order chi connectivity index (χ0) is 14.4. The number of benzene rings is 1. The van der Waals surface area contributed by atoms with E-state index in [0.29, 0.717) is 29.0 Å². The highest BCUT2D eigenvalue weighted by Gasteiger charge is 2.05. The lowest BCUT2D eigenvalue weighted by Crippen LogP contribution is -2.18. The summed E-state index contributed by atoms with van der Waals surface area (Å²) in [4.78, 5) is 8.52. The van der Waals surface area contributed by atoms with Gasteiger partial charge in [0, 0.05) is 48.2 Å². The molecule has 2 rings (SSSR count). The van der Waals surface area contributed by atoms with E-state index in [0.717, 1.165) is 12.1 Å². The van der Waals surface area contributed by atoms with Gasteiger partial charge in [0.1, 0.15) is 5.82 Å². The summed E-state index contributed by atoms with van der Waals surface area (Å²) >= 11 is 3.26. The van der Waals surface area contributed by atoms with Crippen LogP contribution in [0.3, 0.4) is 0 Å². The largest absolute Gasteiger partial charge is 0.383 e. The van der Waals surface area contributed by atoms with Gasteiger partial charge in [-0.25, -0.2) is 14.4 Å². The van der Waals surface area contributed by atoms with E-state index in [1.807, 2.05) is 0 Å². The van der Waals surface area contributed by atoms with Crippen LogP contribution in [0.4, 0.5) is 4.39 Å². The van der Waals surface area contributed by atoms with Crippen molar-refractivity contribution in [3.63, 3.8) is 0 Å². The van der Waals surface area contributed by atoms with E-state index in [1.54, 1.807) is 25.6 Å². The molecular formula is C14H15BrFN3O. The molecule has 0 saturated heterocycles. The van der Waals surface area contributed by atoms with Crippen LogP contribution in [0.1, 0.15) is 5.56 Å².